The maximum atomic E-state index is 8.20. The Bertz CT molecular complexity index is 115. The van der Waals surface area contributed by atoms with Crippen molar-refractivity contribution in [1.82, 2.24) is 0 Å². The minimum absolute atomic E-state index is 0.250. The van der Waals surface area contributed by atoms with Gasteiger partial charge in [0, 0.05) is 12.4 Å². The van der Waals surface area contributed by atoms with E-state index in [4.69, 9.17) is 9.69 Å². The largest absolute Gasteiger partial charge is 0.424 e. The van der Waals surface area contributed by atoms with E-state index in [1.54, 1.807) is 0 Å². The molecule has 0 aromatic carbocycles. The standard InChI is InChI=1S/C7H15NOSSi/c1-2-4-9-11-6-3-5-10-7-8/h2-6,11H2,1H3. The minimum atomic E-state index is -0.250. The van der Waals surface area contributed by atoms with Crippen LogP contribution in [0.1, 0.15) is 19.8 Å². The average molecular weight is 189 g/mol. The van der Waals surface area contributed by atoms with Crippen molar-refractivity contribution in [2.24, 2.45) is 0 Å². The number of thioether (sulfide) groups is 1. The second-order valence-corrected chi connectivity index (χ2v) is 4.66. The Hall–Kier alpha value is 0.0169. The Morgan fingerprint density at radius 2 is 2.45 bits per heavy atom. The Morgan fingerprint density at radius 3 is 3.09 bits per heavy atom. The van der Waals surface area contributed by atoms with Gasteiger partial charge >= 0.3 is 0 Å². The van der Waals surface area contributed by atoms with E-state index in [2.05, 4.69) is 12.3 Å². The van der Waals surface area contributed by atoms with Gasteiger partial charge in [-0.2, -0.15) is 5.26 Å². The van der Waals surface area contributed by atoms with Gasteiger partial charge in [0.15, 0.2) is 9.76 Å². The van der Waals surface area contributed by atoms with Crippen LogP contribution < -0.4 is 0 Å². The first-order chi connectivity index (χ1) is 5.41. The summed E-state index contributed by atoms with van der Waals surface area (Å²) in [6.45, 7) is 3.05. The van der Waals surface area contributed by atoms with E-state index in [0.717, 1.165) is 25.2 Å². The second kappa shape index (κ2) is 10.0. The number of thiocyanates is 1. The average Bonchev–Trinajstić information content (AvgIpc) is 2.03. The van der Waals surface area contributed by atoms with E-state index in [9.17, 15) is 0 Å². The van der Waals surface area contributed by atoms with Crippen molar-refractivity contribution in [2.45, 2.75) is 25.8 Å². The molecule has 0 amide bonds. The van der Waals surface area contributed by atoms with Crippen molar-refractivity contribution in [1.29, 1.82) is 5.26 Å². The third-order valence-corrected chi connectivity index (χ3v) is 3.19. The highest BCUT2D eigenvalue weighted by atomic mass is 32.2. The van der Waals surface area contributed by atoms with Gasteiger partial charge in [-0.05, 0) is 30.6 Å². The minimum Gasteiger partial charge on any atom is -0.424 e. The highest BCUT2D eigenvalue weighted by Gasteiger charge is 1.90. The molecule has 0 radical (unpaired) electrons. The van der Waals surface area contributed by atoms with E-state index in [1.807, 2.05) is 0 Å². The lowest BCUT2D eigenvalue weighted by atomic mass is 10.5. The maximum absolute atomic E-state index is 8.20. The number of nitriles is 1. The summed E-state index contributed by atoms with van der Waals surface area (Å²) < 4.78 is 5.41. The van der Waals surface area contributed by atoms with Crippen LogP contribution in [0.2, 0.25) is 6.04 Å². The summed E-state index contributed by atoms with van der Waals surface area (Å²) in [4.78, 5) is 0. The summed E-state index contributed by atoms with van der Waals surface area (Å²) in [7, 11) is -0.250. The molecular formula is C7H15NOSSi. The third kappa shape index (κ3) is 10.0. The van der Waals surface area contributed by atoms with Crippen LogP contribution in [0.5, 0.6) is 0 Å². The zero-order valence-corrected chi connectivity index (χ0v) is 9.24. The summed E-state index contributed by atoms with van der Waals surface area (Å²) in [5.74, 6) is 0.971. The van der Waals surface area contributed by atoms with Crippen molar-refractivity contribution in [2.75, 3.05) is 12.4 Å². The molecule has 0 heterocycles. The molecule has 64 valence electrons. The number of rotatable bonds is 7. The number of hydrogen-bond donors (Lipinski definition) is 0. The Morgan fingerprint density at radius 1 is 1.64 bits per heavy atom. The van der Waals surface area contributed by atoms with E-state index in [-0.39, 0.29) is 9.76 Å². The van der Waals surface area contributed by atoms with Crippen LogP contribution in [0.3, 0.4) is 0 Å². The Balaban J connectivity index is 2.75. The molecular weight excluding hydrogens is 174 g/mol. The van der Waals surface area contributed by atoms with Crippen molar-refractivity contribution in [3.63, 3.8) is 0 Å². The van der Waals surface area contributed by atoms with Crippen LogP contribution in [0.15, 0.2) is 0 Å². The molecule has 0 N–H and O–H groups in total. The van der Waals surface area contributed by atoms with Crippen LogP contribution in [-0.2, 0) is 4.43 Å². The lowest BCUT2D eigenvalue weighted by Crippen LogP contribution is -1.99. The van der Waals surface area contributed by atoms with Crippen LogP contribution >= 0.6 is 11.8 Å². The fraction of sp³-hybridized carbons (Fsp3) is 0.857. The summed E-state index contributed by atoms with van der Waals surface area (Å²) in [5, 5.41) is 10.3. The van der Waals surface area contributed by atoms with E-state index < -0.39 is 0 Å². The molecule has 0 aliphatic rings. The van der Waals surface area contributed by atoms with Crippen LogP contribution in [0, 0.1) is 10.7 Å². The first kappa shape index (κ1) is 11.0. The highest BCUT2D eigenvalue weighted by molar-refractivity contribution is 8.03. The molecule has 0 saturated carbocycles. The van der Waals surface area contributed by atoms with Gasteiger partial charge in [0.2, 0.25) is 0 Å². The van der Waals surface area contributed by atoms with E-state index >= 15 is 0 Å². The monoisotopic (exact) mass is 189 g/mol. The molecule has 0 atom stereocenters. The molecule has 0 aromatic rings. The third-order valence-electron chi connectivity index (χ3n) is 1.20. The lowest BCUT2D eigenvalue weighted by Gasteiger charge is -1.99. The first-order valence-corrected chi connectivity index (χ1v) is 6.56. The number of hydrogen-bond acceptors (Lipinski definition) is 3. The predicted octanol–water partition coefficient (Wildman–Crippen LogP) is 1.52. The molecule has 0 unspecified atom stereocenters. The SMILES string of the molecule is CCCO[SiH2]CCCSC#N. The van der Waals surface area contributed by atoms with E-state index in [0.29, 0.717) is 0 Å². The molecule has 0 rings (SSSR count). The zero-order chi connectivity index (χ0) is 8.36. The molecule has 0 bridgehead atoms. The van der Waals surface area contributed by atoms with Gasteiger partial charge in [-0.1, -0.05) is 6.92 Å². The summed E-state index contributed by atoms with van der Waals surface area (Å²) in [5.41, 5.74) is 0. The molecule has 11 heavy (non-hydrogen) atoms. The van der Waals surface area contributed by atoms with Gasteiger partial charge in [0.25, 0.3) is 0 Å². The molecule has 0 aliphatic carbocycles. The van der Waals surface area contributed by atoms with Gasteiger partial charge < -0.3 is 4.43 Å². The molecule has 0 saturated heterocycles. The fourth-order valence-electron chi connectivity index (χ4n) is 0.670. The smallest absolute Gasteiger partial charge is 0.161 e. The summed E-state index contributed by atoms with van der Waals surface area (Å²) >= 11 is 1.34. The zero-order valence-electron chi connectivity index (χ0n) is 7.01. The molecule has 4 heteroatoms. The Labute approximate surface area is 75.3 Å². The summed E-state index contributed by atoms with van der Waals surface area (Å²) in [6, 6.07) is 1.22. The first-order valence-electron chi connectivity index (χ1n) is 4.00. The molecule has 0 aromatic heterocycles. The lowest BCUT2D eigenvalue weighted by molar-refractivity contribution is 0.334. The van der Waals surface area contributed by atoms with Crippen LogP contribution in [0.25, 0.3) is 0 Å². The van der Waals surface area contributed by atoms with Gasteiger partial charge in [-0.15, -0.1) is 0 Å². The number of nitrogens with zero attached hydrogens (tertiary/aromatic N) is 1. The molecule has 0 fully saturated rings. The predicted molar refractivity (Wildman–Crippen MR) is 52.3 cm³/mol. The van der Waals surface area contributed by atoms with Crippen LogP contribution in [0.4, 0.5) is 0 Å². The normalized spacial score (nSPS) is 10.5. The van der Waals surface area contributed by atoms with E-state index in [1.165, 1.54) is 17.8 Å². The molecule has 0 aliphatic heterocycles. The van der Waals surface area contributed by atoms with Crippen molar-refractivity contribution in [3.8, 4) is 5.40 Å². The molecule has 0 spiro atoms. The fourth-order valence-corrected chi connectivity index (χ4v) is 2.62. The molecule has 2 nitrogen and oxygen atoms in total. The topological polar surface area (TPSA) is 33.0 Å². The van der Waals surface area contributed by atoms with Crippen molar-refractivity contribution in [3.05, 3.63) is 0 Å². The van der Waals surface area contributed by atoms with Crippen molar-refractivity contribution >= 4 is 21.5 Å². The maximum Gasteiger partial charge on any atom is 0.161 e. The van der Waals surface area contributed by atoms with Gasteiger partial charge in [-0.3, -0.25) is 0 Å². The van der Waals surface area contributed by atoms with Crippen molar-refractivity contribution < 1.29 is 4.43 Å². The van der Waals surface area contributed by atoms with Gasteiger partial charge in [-0.25, -0.2) is 0 Å². The quantitative estimate of drug-likeness (QED) is 0.346. The second-order valence-electron chi connectivity index (χ2n) is 2.26. The van der Waals surface area contributed by atoms with Gasteiger partial charge in [0.05, 0.1) is 0 Å². The van der Waals surface area contributed by atoms with Gasteiger partial charge in [0.1, 0.15) is 5.40 Å². The highest BCUT2D eigenvalue weighted by Crippen LogP contribution is 2.01. The summed E-state index contributed by atoms with van der Waals surface area (Å²) in [6.07, 6.45) is 2.27. The van der Waals surface area contributed by atoms with Crippen LogP contribution in [-0.4, -0.2) is 22.1 Å². The Kier molecular flexibility index (Phi) is 10.0.